The van der Waals surface area contributed by atoms with Crippen molar-refractivity contribution < 1.29 is 24.1 Å². The van der Waals surface area contributed by atoms with E-state index in [0.717, 1.165) is 17.2 Å². The van der Waals surface area contributed by atoms with Gasteiger partial charge in [0.1, 0.15) is 11.6 Å². The van der Waals surface area contributed by atoms with Crippen molar-refractivity contribution >= 4 is 40.2 Å². The standard InChI is InChI=1S/C27H30ClFN2O4S/c1-35-19-4-7-23-21(16-19)25(22(28)17-30-23)24(32)8-9-27(26(33)34)10-12-31(13-11-27)14-15-36-20-5-2-18(29)3-6-20/h2-7,16-17,24,32H,8-15H2,1H3,(H,33,34). The molecule has 192 valence electrons. The molecule has 1 atom stereocenters. The van der Waals surface area contributed by atoms with E-state index in [9.17, 15) is 19.4 Å². The molecule has 6 nitrogen and oxygen atoms in total. The van der Waals surface area contributed by atoms with Crippen LogP contribution in [0.3, 0.4) is 0 Å². The van der Waals surface area contributed by atoms with E-state index in [2.05, 4.69) is 9.88 Å². The third-order valence-electron chi connectivity index (χ3n) is 7.05. The molecule has 2 heterocycles. The maximum absolute atomic E-state index is 13.1. The minimum Gasteiger partial charge on any atom is -0.497 e. The van der Waals surface area contributed by atoms with Gasteiger partial charge in [-0.3, -0.25) is 9.78 Å². The number of aromatic nitrogens is 1. The number of hydrogen-bond donors (Lipinski definition) is 2. The van der Waals surface area contributed by atoms with E-state index in [-0.39, 0.29) is 12.2 Å². The lowest BCUT2D eigenvalue weighted by Crippen LogP contribution is -2.45. The number of fused-ring (bicyclic) bond motifs is 1. The van der Waals surface area contributed by atoms with Gasteiger partial charge in [0, 0.05) is 34.3 Å². The summed E-state index contributed by atoms with van der Waals surface area (Å²) in [4.78, 5) is 20.0. The fourth-order valence-corrected chi connectivity index (χ4v) is 5.98. The SMILES string of the molecule is COc1ccc2ncc(Cl)c(C(O)CCC3(C(=O)O)CCN(CCSc4ccc(F)cc4)CC3)c2c1. The molecule has 4 rings (SSSR count). The monoisotopic (exact) mass is 532 g/mol. The number of aliphatic carboxylic acids is 1. The molecule has 0 bridgehead atoms. The van der Waals surface area contributed by atoms with Crippen molar-refractivity contribution in [3.05, 3.63) is 65.1 Å². The zero-order valence-corrected chi connectivity index (χ0v) is 21.7. The third-order valence-corrected chi connectivity index (χ3v) is 8.35. The van der Waals surface area contributed by atoms with Crippen LogP contribution >= 0.6 is 23.4 Å². The normalized spacial score (nSPS) is 16.7. The lowest BCUT2D eigenvalue weighted by Gasteiger charge is -2.39. The van der Waals surface area contributed by atoms with E-state index in [1.165, 1.54) is 18.3 Å². The molecule has 0 spiro atoms. The number of piperidine rings is 1. The van der Waals surface area contributed by atoms with E-state index in [1.54, 1.807) is 43.1 Å². The molecule has 0 saturated carbocycles. The Morgan fingerprint density at radius 3 is 2.64 bits per heavy atom. The van der Waals surface area contributed by atoms with Crippen LogP contribution in [0.2, 0.25) is 5.02 Å². The van der Waals surface area contributed by atoms with Gasteiger partial charge in [0.25, 0.3) is 0 Å². The Morgan fingerprint density at radius 1 is 1.25 bits per heavy atom. The number of pyridine rings is 1. The average molecular weight is 533 g/mol. The molecular weight excluding hydrogens is 503 g/mol. The van der Waals surface area contributed by atoms with Gasteiger partial charge in [-0.05, 0) is 81.2 Å². The lowest BCUT2D eigenvalue weighted by atomic mass is 9.74. The van der Waals surface area contributed by atoms with E-state index >= 15 is 0 Å². The Balaban J connectivity index is 1.37. The van der Waals surface area contributed by atoms with Gasteiger partial charge in [0.05, 0.1) is 29.2 Å². The van der Waals surface area contributed by atoms with Gasteiger partial charge in [-0.2, -0.15) is 0 Å². The number of thioether (sulfide) groups is 1. The molecule has 1 fully saturated rings. The summed E-state index contributed by atoms with van der Waals surface area (Å²) in [6.07, 6.45) is 2.28. The Hall–Kier alpha value is -2.39. The number of hydrogen-bond acceptors (Lipinski definition) is 6. The van der Waals surface area contributed by atoms with Crippen LogP contribution in [0.1, 0.15) is 37.4 Å². The van der Waals surface area contributed by atoms with Crippen molar-refractivity contribution in [2.45, 2.75) is 36.7 Å². The summed E-state index contributed by atoms with van der Waals surface area (Å²) in [6.45, 7) is 2.20. The summed E-state index contributed by atoms with van der Waals surface area (Å²) in [6, 6.07) is 11.8. The highest BCUT2D eigenvalue weighted by atomic mass is 35.5. The molecule has 0 aliphatic carbocycles. The van der Waals surface area contributed by atoms with Crippen LogP contribution in [0.4, 0.5) is 4.39 Å². The van der Waals surface area contributed by atoms with Crippen LogP contribution in [-0.2, 0) is 4.79 Å². The number of aliphatic hydroxyl groups excluding tert-OH is 1. The molecule has 1 saturated heterocycles. The number of carboxylic acids is 1. The summed E-state index contributed by atoms with van der Waals surface area (Å²) < 4.78 is 18.4. The first-order chi connectivity index (χ1) is 17.3. The van der Waals surface area contributed by atoms with Crippen molar-refractivity contribution in [2.75, 3.05) is 32.5 Å². The molecule has 0 radical (unpaired) electrons. The van der Waals surface area contributed by atoms with E-state index in [0.29, 0.717) is 59.6 Å². The fraction of sp³-hybridized carbons (Fsp3) is 0.407. The predicted molar refractivity (Wildman–Crippen MR) is 140 cm³/mol. The molecule has 2 N–H and O–H groups in total. The van der Waals surface area contributed by atoms with Crippen molar-refractivity contribution in [1.29, 1.82) is 0 Å². The van der Waals surface area contributed by atoms with Gasteiger partial charge >= 0.3 is 5.97 Å². The number of carboxylic acid groups (broad SMARTS) is 1. The van der Waals surface area contributed by atoms with Crippen LogP contribution in [0.5, 0.6) is 5.75 Å². The zero-order valence-electron chi connectivity index (χ0n) is 20.1. The molecule has 9 heteroatoms. The smallest absolute Gasteiger partial charge is 0.309 e. The molecule has 1 aliphatic heterocycles. The highest BCUT2D eigenvalue weighted by Gasteiger charge is 2.41. The van der Waals surface area contributed by atoms with E-state index in [1.807, 2.05) is 6.07 Å². The Morgan fingerprint density at radius 2 is 1.97 bits per heavy atom. The molecule has 2 aromatic carbocycles. The number of nitrogens with zero attached hydrogens (tertiary/aromatic N) is 2. The largest absolute Gasteiger partial charge is 0.497 e. The molecule has 1 aromatic heterocycles. The van der Waals surface area contributed by atoms with Crippen LogP contribution < -0.4 is 4.74 Å². The maximum atomic E-state index is 13.1. The number of likely N-dealkylation sites (tertiary alicyclic amines) is 1. The Kier molecular flexibility index (Phi) is 8.72. The van der Waals surface area contributed by atoms with Gasteiger partial charge in [0.2, 0.25) is 0 Å². The topological polar surface area (TPSA) is 82.9 Å². The van der Waals surface area contributed by atoms with Gasteiger partial charge < -0.3 is 19.8 Å². The van der Waals surface area contributed by atoms with Gasteiger partial charge in [-0.15, -0.1) is 11.8 Å². The third kappa shape index (κ3) is 6.11. The highest BCUT2D eigenvalue weighted by Crippen LogP contribution is 2.41. The van der Waals surface area contributed by atoms with Gasteiger partial charge in [0.15, 0.2) is 0 Å². The second kappa shape index (κ2) is 11.8. The maximum Gasteiger partial charge on any atom is 0.309 e. The van der Waals surface area contributed by atoms with Crippen molar-refractivity contribution in [3.8, 4) is 5.75 Å². The summed E-state index contributed by atoms with van der Waals surface area (Å²) >= 11 is 8.09. The van der Waals surface area contributed by atoms with Crippen LogP contribution in [0.15, 0.2) is 53.6 Å². The number of rotatable bonds is 10. The number of halogens is 2. The van der Waals surface area contributed by atoms with Crippen LogP contribution in [0.25, 0.3) is 10.9 Å². The molecular formula is C27H30ClFN2O4S. The number of methoxy groups -OCH3 is 1. The van der Waals surface area contributed by atoms with Crippen LogP contribution in [-0.4, -0.2) is 58.6 Å². The molecule has 0 amide bonds. The molecule has 3 aromatic rings. The van der Waals surface area contributed by atoms with Gasteiger partial charge in [-0.25, -0.2) is 4.39 Å². The first-order valence-corrected chi connectivity index (χ1v) is 13.3. The second-order valence-corrected chi connectivity index (χ2v) is 10.8. The molecule has 1 aliphatic rings. The van der Waals surface area contributed by atoms with Gasteiger partial charge in [-0.1, -0.05) is 11.6 Å². The zero-order chi connectivity index (χ0) is 25.7. The first kappa shape index (κ1) is 26.7. The molecule has 36 heavy (non-hydrogen) atoms. The van der Waals surface area contributed by atoms with Crippen LogP contribution in [0, 0.1) is 11.2 Å². The Bertz CT molecular complexity index is 1200. The van der Waals surface area contributed by atoms with E-state index in [4.69, 9.17) is 16.3 Å². The average Bonchev–Trinajstić information content (AvgIpc) is 2.88. The molecule has 1 unspecified atom stereocenters. The lowest BCUT2D eigenvalue weighted by molar-refractivity contribution is -0.153. The minimum absolute atomic E-state index is 0.246. The number of carbonyl (C=O) groups is 1. The number of aliphatic hydroxyl groups is 1. The summed E-state index contributed by atoms with van der Waals surface area (Å²) in [7, 11) is 1.57. The van der Waals surface area contributed by atoms with Crippen molar-refractivity contribution in [1.82, 2.24) is 9.88 Å². The number of benzene rings is 2. The summed E-state index contributed by atoms with van der Waals surface area (Å²) in [5, 5.41) is 22.3. The summed E-state index contributed by atoms with van der Waals surface area (Å²) in [5.74, 6) is 0.417. The van der Waals surface area contributed by atoms with Crippen molar-refractivity contribution in [3.63, 3.8) is 0 Å². The second-order valence-electron chi connectivity index (χ2n) is 9.19. The summed E-state index contributed by atoms with van der Waals surface area (Å²) in [5.41, 5.74) is 0.361. The highest BCUT2D eigenvalue weighted by molar-refractivity contribution is 7.99. The fourth-order valence-electron chi connectivity index (χ4n) is 4.79. The van der Waals surface area contributed by atoms with E-state index < -0.39 is 17.5 Å². The van der Waals surface area contributed by atoms with Crippen molar-refractivity contribution in [2.24, 2.45) is 5.41 Å². The Labute approximate surface area is 219 Å². The first-order valence-electron chi connectivity index (χ1n) is 12.0. The predicted octanol–water partition coefficient (Wildman–Crippen LogP) is 5.81. The minimum atomic E-state index is -0.920. The quantitative estimate of drug-likeness (QED) is 0.319. The number of ether oxygens (including phenoxy) is 1.